The summed E-state index contributed by atoms with van der Waals surface area (Å²) < 4.78 is 0. The summed E-state index contributed by atoms with van der Waals surface area (Å²) in [7, 11) is 0. The zero-order valence-corrected chi connectivity index (χ0v) is 7.10. The number of carboxylic acids is 2. The second-order valence-electron chi connectivity index (χ2n) is 2.72. The van der Waals surface area contributed by atoms with Gasteiger partial charge in [0.05, 0.1) is 5.92 Å². The van der Waals surface area contributed by atoms with Crippen LogP contribution in [0.15, 0.2) is 0 Å². The van der Waals surface area contributed by atoms with Crippen LogP contribution in [-0.4, -0.2) is 28.4 Å². The number of aliphatic carboxylic acids is 2. The summed E-state index contributed by atoms with van der Waals surface area (Å²) in [5.74, 6) is -2.73. The fraction of sp³-hybridized carbons (Fsp3) is 0.625. The summed E-state index contributed by atoms with van der Waals surface area (Å²) in [5.41, 5.74) is 0. The molecule has 0 aromatic rings. The van der Waals surface area contributed by atoms with E-state index in [1.165, 1.54) is 0 Å². The molecule has 0 aliphatic heterocycles. The topological polar surface area (TPSA) is 91.7 Å². The van der Waals surface area contributed by atoms with E-state index in [4.69, 9.17) is 10.2 Å². The molecule has 74 valence electrons. The molecule has 0 aliphatic rings. The maximum Gasteiger partial charge on any atom is 0.306 e. The Morgan fingerprint density at radius 1 is 1.31 bits per heavy atom. The Bertz CT molecular complexity index is 199. The highest BCUT2D eigenvalue weighted by atomic mass is 16.4. The summed E-state index contributed by atoms with van der Waals surface area (Å²) in [6, 6.07) is 0. The third-order valence-corrected chi connectivity index (χ3v) is 1.67. The van der Waals surface area contributed by atoms with Gasteiger partial charge in [0, 0.05) is 12.8 Å². The van der Waals surface area contributed by atoms with Crippen LogP contribution in [0.3, 0.4) is 0 Å². The Labute approximate surface area is 75.4 Å². The summed E-state index contributed by atoms with van der Waals surface area (Å²) in [6.45, 7) is 0. The molecule has 0 bridgehead atoms. The molecule has 0 fully saturated rings. The van der Waals surface area contributed by atoms with E-state index in [9.17, 15) is 14.4 Å². The van der Waals surface area contributed by atoms with Crippen LogP contribution in [0.2, 0.25) is 0 Å². The van der Waals surface area contributed by atoms with Crippen LogP contribution in [0.25, 0.3) is 0 Å². The number of carbonyl (C=O) groups excluding carboxylic acids is 1. The first-order chi connectivity index (χ1) is 6.07. The molecule has 0 heterocycles. The van der Waals surface area contributed by atoms with Crippen molar-refractivity contribution in [3.63, 3.8) is 0 Å². The van der Waals surface area contributed by atoms with Crippen molar-refractivity contribution in [3.05, 3.63) is 0 Å². The van der Waals surface area contributed by atoms with Crippen molar-refractivity contribution in [2.24, 2.45) is 5.92 Å². The van der Waals surface area contributed by atoms with Crippen LogP contribution in [-0.2, 0) is 14.4 Å². The van der Waals surface area contributed by atoms with Crippen LogP contribution in [0, 0.1) is 5.92 Å². The third-order valence-electron chi connectivity index (χ3n) is 1.67. The minimum absolute atomic E-state index is 0.0467. The Morgan fingerprint density at radius 3 is 2.31 bits per heavy atom. The summed E-state index contributed by atoms with van der Waals surface area (Å²) in [4.78, 5) is 30.6. The molecular formula is C8H12O5. The molecule has 0 spiro atoms. The highest BCUT2D eigenvalue weighted by molar-refractivity contribution is 5.73. The van der Waals surface area contributed by atoms with E-state index < -0.39 is 17.9 Å². The number of hydrogen-bond acceptors (Lipinski definition) is 3. The smallest absolute Gasteiger partial charge is 0.306 e. The molecule has 0 amide bonds. The number of carboxylic acid groups (broad SMARTS) is 2. The van der Waals surface area contributed by atoms with Crippen LogP contribution in [0.1, 0.15) is 25.7 Å². The van der Waals surface area contributed by atoms with Crippen molar-refractivity contribution >= 4 is 18.2 Å². The summed E-state index contributed by atoms with van der Waals surface area (Å²) >= 11 is 0. The number of rotatable bonds is 7. The van der Waals surface area contributed by atoms with Crippen molar-refractivity contribution in [2.75, 3.05) is 0 Å². The molecule has 1 unspecified atom stereocenters. The number of hydrogen-bond donors (Lipinski definition) is 2. The molecule has 5 heteroatoms. The molecule has 5 nitrogen and oxygen atoms in total. The van der Waals surface area contributed by atoms with Gasteiger partial charge in [-0.15, -0.1) is 0 Å². The second-order valence-corrected chi connectivity index (χ2v) is 2.72. The lowest BCUT2D eigenvalue weighted by Crippen LogP contribution is -2.14. The first kappa shape index (κ1) is 11.6. The standard InChI is InChI=1S/C8H12O5/c9-5-4-6(8(12)13)2-1-3-7(10)11/h5-6H,1-4H2,(H,10,11)(H,12,13). The van der Waals surface area contributed by atoms with Gasteiger partial charge in [0.15, 0.2) is 0 Å². The normalized spacial score (nSPS) is 12.0. The summed E-state index contributed by atoms with van der Waals surface area (Å²) in [5, 5.41) is 16.8. The molecule has 0 aliphatic carbocycles. The van der Waals surface area contributed by atoms with Crippen LogP contribution >= 0.6 is 0 Å². The van der Waals surface area contributed by atoms with Gasteiger partial charge < -0.3 is 15.0 Å². The molecule has 0 radical (unpaired) electrons. The molecule has 0 aromatic carbocycles. The Balaban J connectivity index is 3.75. The lowest BCUT2D eigenvalue weighted by Gasteiger charge is -2.06. The minimum Gasteiger partial charge on any atom is -0.481 e. The van der Waals surface area contributed by atoms with E-state index in [0.29, 0.717) is 12.7 Å². The van der Waals surface area contributed by atoms with Gasteiger partial charge in [-0.25, -0.2) is 0 Å². The molecule has 1 atom stereocenters. The van der Waals surface area contributed by atoms with Gasteiger partial charge in [0.1, 0.15) is 6.29 Å². The van der Waals surface area contributed by atoms with Gasteiger partial charge in [0.25, 0.3) is 0 Å². The molecule has 0 aromatic heterocycles. The van der Waals surface area contributed by atoms with Gasteiger partial charge in [-0.3, -0.25) is 9.59 Å². The van der Waals surface area contributed by atoms with E-state index >= 15 is 0 Å². The quantitative estimate of drug-likeness (QED) is 0.568. The predicted octanol–water partition coefficient (Wildman–Crippen LogP) is 0.531. The highest BCUT2D eigenvalue weighted by Gasteiger charge is 2.16. The number of carbonyl (C=O) groups is 3. The van der Waals surface area contributed by atoms with Crippen LogP contribution in [0.4, 0.5) is 0 Å². The Kier molecular flexibility index (Phi) is 5.50. The van der Waals surface area contributed by atoms with Gasteiger partial charge in [-0.2, -0.15) is 0 Å². The average Bonchev–Trinajstić information content (AvgIpc) is 2.02. The van der Waals surface area contributed by atoms with Crippen molar-refractivity contribution in [1.29, 1.82) is 0 Å². The zero-order chi connectivity index (χ0) is 10.3. The van der Waals surface area contributed by atoms with E-state index in [-0.39, 0.29) is 19.3 Å². The summed E-state index contributed by atoms with van der Waals surface area (Å²) in [6.07, 6.45) is 0.970. The maximum atomic E-state index is 10.5. The van der Waals surface area contributed by atoms with Gasteiger partial charge in [-0.05, 0) is 12.8 Å². The van der Waals surface area contributed by atoms with Crippen molar-refractivity contribution < 1.29 is 24.6 Å². The predicted molar refractivity (Wildman–Crippen MR) is 43.3 cm³/mol. The highest BCUT2D eigenvalue weighted by Crippen LogP contribution is 2.11. The first-order valence-corrected chi connectivity index (χ1v) is 3.96. The minimum atomic E-state index is -1.04. The van der Waals surface area contributed by atoms with E-state index in [2.05, 4.69) is 0 Å². The van der Waals surface area contributed by atoms with Gasteiger partial charge in [-0.1, -0.05) is 0 Å². The average molecular weight is 188 g/mol. The van der Waals surface area contributed by atoms with Crippen LogP contribution < -0.4 is 0 Å². The fourth-order valence-electron chi connectivity index (χ4n) is 0.958. The van der Waals surface area contributed by atoms with Crippen molar-refractivity contribution in [1.82, 2.24) is 0 Å². The first-order valence-electron chi connectivity index (χ1n) is 3.96. The fourth-order valence-corrected chi connectivity index (χ4v) is 0.958. The molecule has 13 heavy (non-hydrogen) atoms. The van der Waals surface area contributed by atoms with Crippen molar-refractivity contribution in [2.45, 2.75) is 25.7 Å². The molecule has 0 saturated carbocycles. The Morgan fingerprint density at radius 2 is 1.92 bits per heavy atom. The molecule has 0 saturated heterocycles. The molecule has 2 N–H and O–H groups in total. The zero-order valence-electron chi connectivity index (χ0n) is 7.10. The van der Waals surface area contributed by atoms with Gasteiger partial charge in [0.2, 0.25) is 0 Å². The second kappa shape index (κ2) is 6.16. The van der Waals surface area contributed by atoms with E-state index in [1.807, 2.05) is 0 Å². The van der Waals surface area contributed by atoms with Gasteiger partial charge >= 0.3 is 11.9 Å². The van der Waals surface area contributed by atoms with Crippen LogP contribution in [0.5, 0.6) is 0 Å². The lowest BCUT2D eigenvalue weighted by molar-refractivity contribution is -0.143. The largest absolute Gasteiger partial charge is 0.481 e. The van der Waals surface area contributed by atoms with E-state index in [1.54, 1.807) is 0 Å². The third kappa shape index (κ3) is 5.84. The lowest BCUT2D eigenvalue weighted by atomic mass is 9.99. The molecular weight excluding hydrogens is 176 g/mol. The maximum absolute atomic E-state index is 10.5. The molecule has 0 rings (SSSR count). The van der Waals surface area contributed by atoms with Crippen molar-refractivity contribution in [3.8, 4) is 0 Å². The SMILES string of the molecule is O=CCC(CCCC(=O)O)C(=O)O. The Hall–Kier alpha value is -1.39. The van der Waals surface area contributed by atoms with E-state index in [0.717, 1.165) is 0 Å². The number of aldehydes is 1. The monoisotopic (exact) mass is 188 g/mol.